The van der Waals surface area contributed by atoms with Crippen molar-refractivity contribution in [1.29, 1.82) is 0 Å². The number of hydrogen-bond acceptors (Lipinski definition) is 4. The zero-order valence-corrected chi connectivity index (χ0v) is 22.9. The van der Waals surface area contributed by atoms with E-state index in [1.165, 1.54) is 23.3 Å². The highest BCUT2D eigenvalue weighted by molar-refractivity contribution is 7.92. The van der Waals surface area contributed by atoms with Crippen molar-refractivity contribution < 1.29 is 13.2 Å². The molecule has 0 aromatic heterocycles. The Morgan fingerprint density at radius 2 is 1.53 bits per heavy atom. The fourth-order valence-corrected chi connectivity index (χ4v) is 6.19. The molecular weight excluding hydrogens is 517 g/mol. The number of carbonyl (C=O) groups is 1. The van der Waals surface area contributed by atoms with E-state index in [4.69, 9.17) is 23.2 Å². The summed E-state index contributed by atoms with van der Waals surface area (Å²) in [5.41, 5.74) is 4.71. The van der Waals surface area contributed by atoms with Crippen LogP contribution in [0.1, 0.15) is 16.7 Å². The van der Waals surface area contributed by atoms with Gasteiger partial charge in [-0.3, -0.25) is 9.10 Å². The molecule has 1 heterocycles. The number of hydrogen-bond donors (Lipinski definition) is 0. The Bertz CT molecular complexity index is 1370. The Hall–Kier alpha value is -2.74. The second-order valence-corrected chi connectivity index (χ2v) is 11.6. The molecule has 1 amide bonds. The molecule has 36 heavy (non-hydrogen) atoms. The van der Waals surface area contributed by atoms with Crippen LogP contribution in [0.15, 0.2) is 65.6 Å². The van der Waals surface area contributed by atoms with E-state index in [1.807, 2.05) is 13.0 Å². The van der Waals surface area contributed by atoms with Crippen molar-refractivity contribution in [2.24, 2.45) is 0 Å². The molecule has 0 atom stereocenters. The number of anilines is 2. The number of carbonyl (C=O) groups excluding carboxylic acids is 1. The Balaban J connectivity index is 1.58. The van der Waals surface area contributed by atoms with Gasteiger partial charge in [0.2, 0.25) is 5.91 Å². The van der Waals surface area contributed by atoms with Crippen molar-refractivity contribution in [3.8, 4) is 0 Å². The van der Waals surface area contributed by atoms with E-state index in [2.05, 4.69) is 30.9 Å². The van der Waals surface area contributed by atoms with Gasteiger partial charge >= 0.3 is 0 Å². The van der Waals surface area contributed by atoms with Gasteiger partial charge in [0, 0.05) is 31.9 Å². The van der Waals surface area contributed by atoms with Crippen molar-refractivity contribution >= 4 is 50.5 Å². The molecule has 0 bridgehead atoms. The molecule has 1 aliphatic heterocycles. The molecule has 3 aromatic carbocycles. The van der Waals surface area contributed by atoms with Crippen molar-refractivity contribution in [2.75, 3.05) is 41.9 Å². The van der Waals surface area contributed by atoms with Gasteiger partial charge < -0.3 is 9.80 Å². The van der Waals surface area contributed by atoms with Crippen molar-refractivity contribution in [3.05, 3.63) is 87.4 Å². The third-order valence-corrected chi connectivity index (χ3v) is 9.22. The average molecular weight is 547 g/mol. The van der Waals surface area contributed by atoms with E-state index in [1.54, 1.807) is 35.2 Å². The highest BCUT2D eigenvalue weighted by Crippen LogP contribution is 2.35. The summed E-state index contributed by atoms with van der Waals surface area (Å²) >= 11 is 12.6. The zero-order chi connectivity index (χ0) is 26.0. The van der Waals surface area contributed by atoms with Gasteiger partial charge in [-0.25, -0.2) is 8.42 Å². The number of rotatable bonds is 6. The molecule has 1 aliphatic rings. The van der Waals surface area contributed by atoms with Crippen LogP contribution in [0, 0.1) is 20.8 Å². The summed E-state index contributed by atoms with van der Waals surface area (Å²) in [5.74, 6) is -0.289. The second kappa shape index (κ2) is 10.7. The van der Waals surface area contributed by atoms with Crippen LogP contribution in [0.2, 0.25) is 10.0 Å². The summed E-state index contributed by atoms with van der Waals surface area (Å²) in [6.07, 6.45) is 0. The van der Waals surface area contributed by atoms with Gasteiger partial charge in [0.05, 0.1) is 20.6 Å². The van der Waals surface area contributed by atoms with Gasteiger partial charge in [-0.1, -0.05) is 59.1 Å². The molecule has 1 saturated heterocycles. The monoisotopic (exact) mass is 545 g/mol. The van der Waals surface area contributed by atoms with Crippen LogP contribution in [0.3, 0.4) is 0 Å². The van der Waals surface area contributed by atoms with Crippen LogP contribution < -0.4 is 9.21 Å². The van der Waals surface area contributed by atoms with Crippen molar-refractivity contribution in [2.45, 2.75) is 25.7 Å². The number of aryl methyl sites for hydroxylation is 2. The van der Waals surface area contributed by atoms with Gasteiger partial charge in [-0.15, -0.1) is 0 Å². The molecule has 0 saturated carbocycles. The smallest absolute Gasteiger partial charge is 0.264 e. The minimum atomic E-state index is -4.08. The Morgan fingerprint density at radius 3 is 2.19 bits per heavy atom. The first-order chi connectivity index (χ1) is 17.1. The zero-order valence-electron chi connectivity index (χ0n) is 20.5. The van der Waals surface area contributed by atoms with E-state index < -0.39 is 10.0 Å². The maximum Gasteiger partial charge on any atom is 0.264 e. The molecule has 190 valence electrons. The lowest BCUT2D eigenvalue weighted by Gasteiger charge is -2.38. The number of halogens is 2. The molecule has 0 spiro atoms. The summed E-state index contributed by atoms with van der Waals surface area (Å²) in [4.78, 5) is 17.5. The Kier molecular flexibility index (Phi) is 7.83. The summed E-state index contributed by atoms with van der Waals surface area (Å²) < 4.78 is 28.4. The van der Waals surface area contributed by atoms with E-state index in [9.17, 15) is 13.2 Å². The van der Waals surface area contributed by atoms with Crippen LogP contribution in [0.25, 0.3) is 0 Å². The maximum atomic E-state index is 13.7. The highest BCUT2D eigenvalue weighted by atomic mass is 35.5. The van der Waals surface area contributed by atoms with Crippen LogP contribution in [0.5, 0.6) is 0 Å². The molecule has 6 nitrogen and oxygen atoms in total. The molecule has 0 N–H and O–H groups in total. The predicted molar refractivity (Wildman–Crippen MR) is 147 cm³/mol. The fraction of sp³-hybridized carbons (Fsp3) is 0.296. The lowest BCUT2D eigenvalue weighted by molar-refractivity contribution is -0.129. The normalized spacial score (nSPS) is 14.1. The van der Waals surface area contributed by atoms with E-state index in [-0.39, 0.29) is 33.1 Å². The maximum absolute atomic E-state index is 13.7. The Labute approximate surface area is 223 Å². The van der Waals surface area contributed by atoms with E-state index >= 15 is 0 Å². The first kappa shape index (κ1) is 26.3. The largest absolute Gasteiger partial charge is 0.368 e. The fourth-order valence-electron chi connectivity index (χ4n) is 4.32. The molecular formula is C27H29Cl2N3O3S. The van der Waals surface area contributed by atoms with E-state index in [0.29, 0.717) is 26.2 Å². The van der Waals surface area contributed by atoms with Crippen LogP contribution in [0.4, 0.5) is 11.4 Å². The summed E-state index contributed by atoms with van der Waals surface area (Å²) in [5, 5.41) is 0.301. The number of sulfonamides is 1. The van der Waals surface area contributed by atoms with Crippen molar-refractivity contribution in [1.82, 2.24) is 4.90 Å². The molecule has 3 aromatic rings. The summed E-state index contributed by atoms with van der Waals surface area (Å²) in [7, 11) is -4.08. The molecule has 0 aliphatic carbocycles. The number of nitrogens with zero attached hydrogens (tertiary/aromatic N) is 3. The molecule has 9 heteroatoms. The quantitative estimate of drug-likeness (QED) is 0.412. The molecule has 4 rings (SSSR count). The minimum absolute atomic E-state index is 0.0803. The second-order valence-electron chi connectivity index (χ2n) is 8.98. The number of piperazine rings is 1. The first-order valence-electron chi connectivity index (χ1n) is 11.7. The summed E-state index contributed by atoms with van der Waals surface area (Å²) in [6.45, 7) is 8.01. The lowest BCUT2D eigenvalue weighted by atomic mass is 10.1. The van der Waals surface area contributed by atoms with Crippen LogP contribution in [-0.2, 0) is 14.8 Å². The van der Waals surface area contributed by atoms with Gasteiger partial charge in [-0.2, -0.15) is 0 Å². The van der Waals surface area contributed by atoms with Crippen LogP contribution in [-0.4, -0.2) is 51.9 Å². The predicted octanol–water partition coefficient (Wildman–Crippen LogP) is 5.46. The molecule has 1 fully saturated rings. The lowest BCUT2D eigenvalue weighted by Crippen LogP contribution is -2.52. The standard InChI is InChI=1S/C27H29Cl2N3O3S/c1-19-10-12-22(13-11-19)36(34,35)32(25-9-5-7-23(28)27(25)29)18-26(33)31-16-14-30(15-17-31)24-8-4-6-20(2)21(24)3/h4-13H,14-18H2,1-3H3. The van der Waals surface area contributed by atoms with Gasteiger partial charge in [0.15, 0.2) is 0 Å². The van der Waals surface area contributed by atoms with Gasteiger partial charge in [0.1, 0.15) is 6.54 Å². The third-order valence-electron chi connectivity index (χ3n) is 6.64. The Morgan fingerprint density at radius 1 is 0.889 bits per heavy atom. The highest BCUT2D eigenvalue weighted by Gasteiger charge is 2.32. The van der Waals surface area contributed by atoms with E-state index in [0.717, 1.165) is 15.6 Å². The van der Waals surface area contributed by atoms with Crippen LogP contribution >= 0.6 is 23.2 Å². The topological polar surface area (TPSA) is 60.9 Å². The number of amides is 1. The summed E-state index contributed by atoms with van der Waals surface area (Å²) in [6, 6.07) is 17.5. The SMILES string of the molecule is Cc1ccc(S(=O)(=O)N(CC(=O)N2CCN(c3cccc(C)c3C)CC2)c2cccc(Cl)c2Cl)cc1. The molecule has 0 radical (unpaired) electrons. The van der Waals surface area contributed by atoms with Gasteiger partial charge in [0.25, 0.3) is 10.0 Å². The molecule has 0 unspecified atom stereocenters. The van der Waals surface area contributed by atoms with Gasteiger partial charge in [-0.05, 0) is 62.2 Å². The minimum Gasteiger partial charge on any atom is -0.368 e. The average Bonchev–Trinajstić information content (AvgIpc) is 2.86. The first-order valence-corrected chi connectivity index (χ1v) is 13.9. The number of benzene rings is 3. The van der Waals surface area contributed by atoms with Crippen molar-refractivity contribution in [3.63, 3.8) is 0 Å². The third kappa shape index (κ3) is 5.33.